The minimum atomic E-state index is -3.53. The predicted molar refractivity (Wildman–Crippen MR) is 54.3 cm³/mol. The Morgan fingerprint density at radius 2 is 1.71 bits per heavy atom. The molecule has 0 aromatic heterocycles. The van der Waals surface area contributed by atoms with E-state index in [1.54, 1.807) is 12.1 Å². The molecule has 1 rings (SSSR count). The summed E-state index contributed by atoms with van der Waals surface area (Å²) in [5, 5.41) is 1.99. The molecule has 0 saturated heterocycles. The minimum absolute atomic E-state index is 0.301. The van der Waals surface area contributed by atoms with Crippen LogP contribution in [0.4, 0.5) is 5.69 Å². The molecule has 0 bridgehead atoms. The molecule has 14 heavy (non-hydrogen) atoms. The molecule has 0 atom stereocenters. The van der Waals surface area contributed by atoms with Crippen LogP contribution in [-0.4, -0.2) is 5.91 Å². The van der Waals surface area contributed by atoms with Gasteiger partial charge in [0.05, 0.1) is 0 Å². The summed E-state index contributed by atoms with van der Waals surface area (Å²) in [6.07, 6.45) is 0. The summed E-state index contributed by atoms with van der Waals surface area (Å²) in [4.78, 5) is 11.3. The highest BCUT2D eigenvalue weighted by atomic mass is 31.2. The zero-order valence-electron chi connectivity index (χ0n) is 7.31. The Labute approximate surface area is 81.0 Å². The molecule has 1 aromatic carbocycles. The van der Waals surface area contributed by atoms with E-state index >= 15 is 0 Å². The smallest absolute Gasteiger partial charge is 0.300 e. The first-order valence-electron chi connectivity index (χ1n) is 3.74. The summed E-state index contributed by atoms with van der Waals surface area (Å²) in [7, 11) is -3.53. The molecule has 0 spiro atoms. The number of amides is 1. The largest absolute Gasteiger partial charge is 0.399 e. The third kappa shape index (κ3) is 3.18. The zero-order chi connectivity index (χ0) is 10.8. The van der Waals surface area contributed by atoms with Crippen LogP contribution in [0.5, 0.6) is 0 Å². The van der Waals surface area contributed by atoms with E-state index in [4.69, 9.17) is 16.7 Å². The maximum absolute atomic E-state index is 11.3. The number of carbonyl (C=O) groups excluding carboxylic acids is 1. The summed E-state index contributed by atoms with van der Waals surface area (Å²) in [5.74, 6) is -0.585. The number of nitrogen functional groups attached to an aromatic ring is 1. The van der Waals surface area contributed by atoms with Crippen LogP contribution in [0, 0.1) is 0 Å². The highest BCUT2D eigenvalue weighted by Crippen LogP contribution is 2.18. The topological polar surface area (TPSA) is 124 Å². The fraction of sp³-hybridized carbons (Fsp3) is 0. The third-order valence-electron chi connectivity index (χ3n) is 1.45. The van der Waals surface area contributed by atoms with Gasteiger partial charge in [-0.1, -0.05) is 0 Å². The maximum atomic E-state index is 11.3. The lowest BCUT2D eigenvalue weighted by atomic mass is 10.2. The molecule has 7 N–H and O–H groups in total. The molecule has 0 aliphatic heterocycles. The molecule has 7 heteroatoms. The molecular weight excluding hydrogens is 203 g/mol. The Hall–Kier alpha value is -1.36. The Morgan fingerprint density at radius 1 is 1.21 bits per heavy atom. The molecular formula is C7H11N4O2P. The average molecular weight is 214 g/mol. The molecule has 0 unspecified atom stereocenters. The minimum Gasteiger partial charge on any atom is -0.399 e. The summed E-state index contributed by atoms with van der Waals surface area (Å²) in [5.41, 5.74) is 16.2. The Bertz CT molecular complexity index is 383. The second-order valence-electron chi connectivity index (χ2n) is 2.77. The number of rotatable bonds is 2. The SMILES string of the molecule is Nc1ccc(C(=O)NP(N)(N)=O)cc1. The van der Waals surface area contributed by atoms with Crippen molar-refractivity contribution >= 4 is 19.2 Å². The molecule has 0 aliphatic rings. The maximum Gasteiger partial charge on any atom is 0.300 e. The van der Waals surface area contributed by atoms with Gasteiger partial charge in [-0.05, 0) is 24.3 Å². The van der Waals surface area contributed by atoms with Crippen LogP contribution in [0.2, 0.25) is 0 Å². The molecule has 0 radical (unpaired) electrons. The number of carbonyl (C=O) groups is 1. The molecule has 76 valence electrons. The van der Waals surface area contributed by atoms with E-state index in [1.165, 1.54) is 12.1 Å². The van der Waals surface area contributed by atoms with Gasteiger partial charge in [0.1, 0.15) is 0 Å². The Kier molecular flexibility index (Phi) is 2.90. The van der Waals surface area contributed by atoms with Crippen LogP contribution >= 0.6 is 7.59 Å². The van der Waals surface area contributed by atoms with E-state index < -0.39 is 13.5 Å². The lowest BCUT2D eigenvalue weighted by Crippen LogP contribution is -2.28. The van der Waals surface area contributed by atoms with Crippen molar-refractivity contribution in [1.82, 2.24) is 5.09 Å². The van der Waals surface area contributed by atoms with Crippen molar-refractivity contribution in [1.29, 1.82) is 0 Å². The van der Waals surface area contributed by atoms with Crippen molar-refractivity contribution in [3.05, 3.63) is 29.8 Å². The third-order valence-corrected chi connectivity index (χ3v) is 2.00. The van der Waals surface area contributed by atoms with Crippen molar-refractivity contribution in [3.8, 4) is 0 Å². The van der Waals surface area contributed by atoms with Crippen LogP contribution in [0.25, 0.3) is 0 Å². The summed E-state index contributed by atoms with van der Waals surface area (Å²) in [6, 6.07) is 6.07. The van der Waals surface area contributed by atoms with Crippen LogP contribution < -0.4 is 21.8 Å². The molecule has 1 amide bonds. The number of anilines is 1. The highest BCUT2D eigenvalue weighted by Gasteiger charge is 2.13. The molecule has 0 aliphatic carbocycles. The molecule has 0 saturated carbocycles. The van der Waals surface area contributed by atoms with Crippen LogP contribution in [0.15, 0.2) is 24.3 Å². The molecule has 1 aromatic rings. The van der Waals surface area contributed by atoms with Crippen molar-refractivity contribution in [3.63, 3.8) is 0 Å². The van der Waals surface area contributed by atoms with Gasteiger partial charge in [0.15, 0.2) is 0 Å². The van der Waals surface area contributed by atoms with Crippen molar-refractivity contribution in [2.75, 3.05) is 5.73 Å². The fourth-order valence-electron chi connectivity index (χ4n) is 0.858. The van der Waals surface area contributed by atoms with Gasteiger partial charge < -0.3 is 5.73 Å². The standard InChI is InChI=1S/C7H11N4O2P/c8-6-3-1-5(2-4-6)7(12)11-14(9,10)13/h1-4H,8H2,(H5,9,10,11,12,13). The van der Waals surface area contributed by atoms with Gasteiger partial charge in [-0.25, -0.2) is 0 Å². The van der Waals surface area contributed by atoms with E-state index in [2.05, 4.69) is 0 Å². The monoisotopic (exact) mass is 214 g/mol. The highest BCUT2D eigenvalue weighted by molar-refractivity contribution is 7.57. The molecule has 0 fully saturated rings. The van der Waals surface area contributed by atoms with Gasteiger partial charge in [-0.3, -0.25) is 25.5 Å². The molecule has 0 heterocycles. The van der Waals surface area contributed by atoms with Gasteiger partial charge in [0.2, 0.25) is 0 Å². The van der Waals surface area contributed by atoms with E-state index in [1.807, 2.05) is 5.09 Å². The van der Waals surface area contributed by atoms with Gasteiger partial charge in [-0.2, -0.15) is 0 Å². The zero-order valence-corrected chi connectivity index (χ0v) is 8.20. The Balaban J connectivity index is 2.81. The normalized spacial score (nSPS) is 11.0. The van der Waals surface area contributed by atoms with Crippen molar-refractivity contribution in [2.24, 2.45) is 11.0 Å². The van der Waals surface area contributed by atoms with Gasteiger partial charge in [-0.15, -0.1) is 0 Å². The first-order chi connectivity index (χ1) is 6.38. The van der Waals surface area contributed by atoms with Crippen molar-refractivity contribution < 1.29 is 9.36 Å². The lowest BCUT2D eigenvalue weighted by molar-refractivity contribution is 0.0980. The number of benzene rings is 1. The van der Waals surface area contributed by atoms with Crippen LogP contribution in [-0.2, 0) is 4.57 Å². The number of hydrogen-bond donors (Lipinski definition) is 4. The van der Waals surface area contributed by atoms with Crippen LogP contribution in [0.1, 0.15) is 10.4 Å². The summed E-state index contributed by atoms with van der Waals surface area (Å²) < 4.78 is 10.9. The first kappa shape index (κ1) is 10.7. The lowest BCUT2D eigenvalue weighted by Gasteiger charge is -2.08. The molecule has 6 nitrogen and oxygen atoms in total. The fourth-order valence-corrected chi connectivity index (χ4v) is 1.30. The van der Waals surface area contributed by atoms with E-state index in [0.29, 0.717) is 11.3 Å². The second kappa shape index (κ2) is 3.79. The van der Waals surface area contributed by atoms with Gasteiger partial charge in [0.25, 0.3) is 5.91 Å². The summed E-state index contributed by atoms with van der Waals surface area (Å²) >= 11 is 0. The average Bonchev–Trinajstić information content (AvgIpc) is 2.02. The van der Waals surface area contributed by atoms with Gasteiger partial charge in [0, 0.05) is 11.3 Å². The quantitative estimate of drug-likeness (QED) is 0.408. The van der Waals surface area contributed by atoms with Crippen LogP contribution in [0.3, 0.4) is 0 Å². The first-order valence-corrected chi connectivity index (χ1v) is 5.58. The Morgan fingerprint density at radius 3 is 2.14 bits per heavy atom. The van der Waals surface area contributed by atoms with E-state index in [9.17, 15) is 9.36 Å². The van der Waals surface area contributed by atoms with Gasteiger partial charge >= 0.3 is 7.59 Å². The van der Waals surface area contributed by atoms with E-state index in [0.717, 1.165) is 0 Å². The summed E-state index contributed by atoms with van der Waals surface area (Å²) in [6.45, 7) is 0. The number of nitrogens with one attached hydrogen (secondary N) is 1. The van der Waals surface area contributed by atoms with Crippen molar-refractivity contribution in [2.45, 2.75) is 0 Å². The number of hydrogen-bond acceptors (Lipinski definition) is 3. The number of nitrogens with two attached hydrogens (primary N) is 3. The predicted octanol–water partition coefficient (Wildman–Crippen LogP) is 0.0241. The second-order valence-corrected chi connectivity index (χ2v) is 4.41. The van der Waals surface area contributed by atoms with E-state index in [-0.39, 0.29) is 0 Å².